The van der Waals surface area contributed by atoms with Crippen LogP contribution in [-0.4, -0.2) is 37.1 Å². The summed E-state index contributed by atoms with van der Waals surface area (Å²) in [5.41, 5.74) is 0. The molecule has 1 aliphatic heterocycles. The van der Waals surface area contributed by atoms with Gasteiger partial charge in [0.1, 0.15) is 0 Å². The number of halogens is 1. The number of likely N-dealkylation sites (tertiary alicyclic amines) is 1. The molecule has 3 heteroatoms. The number of nitrogens with zero attached hydrogens (tertiary/aromatic N) is 1. The van der Waals surface area contributed by atoms with E-state index in [-0.39, 0.29) is 0 Å². The molecule has 0 aromatic rings. The molecule has 2 nitrogen and oxygen atoms in total. The van der Waals surface area contributed by atoms with E-state index in [1.807, 2.05) is 0 Å². The highest BCUT2D eigenvalue weighted by atomic mass is 35.5. The molecule has 2 aliphatic rings. The van der Waals surface area contributed by atoms with Crippen LogP contribution in [0.2, 0.25) is 0 Å². The first-order chi connectivity index (χ1) is 7.24. The lowest BCUT2D eigenvalue weighted by Gasteiger charge is -2.32. The Hall–Kier alpha value is -0.0500. The number of nitrogens with one attached hydrogen (secondary N) is 1. The molecule has 2 rings (SSSR count). The Morgan fingerprint density at radius 1 is 1.27 bits per heavy atom. The minimum absolute atomic E-state index is 0.649. The van der Waals surface area contributed by atoms with Crippen molar-refractivity contribution < 1.29 is 0 Å². The van der Waals surface area contributed by atoms with Crippen LogP contribution in [0.1, 0.15) is 25.7 Å². The standard InChI is InChI=1S/C12H21ClN2/c1-10(13)8-14-12-4-6-15(7-5-12)9-11-2-3-11/h11-12,14H,1-9H2. The third kappa shape index (κ3) is 4.13. The molecule has 15 heavy (non-hydrogen) atoms. The summed E-state index contributed by atoms with van der Waals surface area (Å²) in [6, 6.07) is 0.649. The predicted molar refractivity (Wildman–Crippen MR) is 65.2 cm³/mol. The summed E-state index contributed by atoms with van der Waals surface area (Å²) in [6.45, 7) is 8.30. The third-order valence-electron chi connectivity index (χ3n) is 3.38. The van der Waals surface area contributed by atoms with Gasteiger partial charge in [-0.3, -0.25) is 0 Å². The van der Waals surface area contributed by atoms with Gasteiger partial charge in [-0.15, -0.1) is 0 Å². The van der Waals surface area contributed by atoms with Gasteiger partial charge < -0.3 is 10.2 Å². The number of piperidine rings is 1. The summed E-state index contributed by atoms with van der Waals surface area (Å²) < 4.78 is 0. The molecule has 0 spiro atoms. The first-order valence-electron chi connectivity index (χ1n) is 6.03. The van der Waals surface area contributed by atoms with Gasteiger partial charge in [-0.2, -0.15) is 0 Å². The highest BCUT2D eigenvalue weighted by molar-refractivity contribution is 6.29. The van der Waals surface area contributed by atoms with E-state index in [1.54, 1.807) is 0 Å². The van der Waals surface area contributed by atoms with E-state index in [4.69, 9.17) is 11.6 Å². The van der Waals surface area contributed by atoms with Gasteiger partial charge in [-0.1, -0.05) is 18.2 Å². The molecule has 86 valence electrons. The summed E-state index contributed by atoms with van der Waals surface area (Å²) in [7, 11) is 0. The average molecular weight is 229 g/mol. The molecule has 0 bridgehead atoms. The molecule has 1 saturated heterocycles. The summed E-state index contributed by atoms with van der Waals surface area (Å²) in [5, 5.41) is 4.17. The topological polar surface area (TPSA) is 15.3 Å². The molecule has 1 N–H and O–H groups in total. The van der Waals surface area contributed by atoms with Crippen LogP contribution in [-0.2, 0) is 0 Å². The quantitative estimate of drug-likeness (QED) is 0.776. The normalized spacial score (nSPS) is 24.3. The largest absolute Gasteiger partial charge is 0.309 e. The molecule has 1 aliphatic carbocycles. The molecular weight excluding hydrogens is 208 g/mol. The van der Waals surface area contributed by atoms with Crippen molar-refractivity contribution in [2.24, 2.45) is 5.92 Å². The van der Waals surface area contributed by atoms with Crippen molar-refractivity contribution in [1.82, 2.24) is 10.2 Å². The highest BCUT2D eigenvalue weighted by Crippen LogP contribution is 2.30. The lowest BCUT2D eigenvalue weighted by Crippen LogP contribution is -2.43. The maximum Gasteiger partial charge on any atom is 0.0310 e. The summed E-state index contributed by atoms with van der Waals surface area (Å²) in [6.07, 6.45) is 5.45. The van der Waals surface area contributed by atoms with Gasteiger partial charge in [0.05, 0.1) is 0 Å². The molecule has 0 unspecified atom stereocenters. The molecule has 2 fully saturated rings. The number of hydrogen-bond donors (Lipinski definition) is 1. The Morgan fingerprint density at radius 3 is 2.47 bits per heavy atom. The molecule has 1 saturated carbocycles. The molecular formula is C12H21ClN2. The van der Waals surface area contributed by atoms with Gasteiger partial charge in [-0.05, 0) is 44.7 Å². The maximum atomic E-state index is 5.74. The van der Waals surface area contributed by atoms with Gasteiger partial charge in [-0.25, -0.2) is 0 Å². The van der Waals surface area contributed by atoms with E-state index >= 15 is 0 Å². The van der Waals surface area contributed by atoms with Crippen LogP contribution in [0, 0.1) is 5.92 Å². The minimum atomic E-state index is 0.649. The third-order valence-corrected chi connectivity index (χ3v) is 3.52. The van der Waals surface area contributed by atoms with E-state index in [9.17, 15) is 0 Å². The summed E-state index contributed by atoms with van der Waals surface area (Å²) >= 11 is 5.74. The SMILES string of the molecule is C=C(Cl)CNC1CCN(CC2CC2)CC1. The van der Waals surface area contributed by atoms with Crippen molar-refractivity contribution in [3.63, 3.8) is 0 Å². The van der Waals surface area contributed by atoms with Crippen LogP contribution in [0.25, 0.3) is 0 Å². The maximum absolute atomic E-state index is 5.74. The molecule has 0 atom stereocenters. The lowest BCUT2D eigenvalue weighted by molar-refractivity contribution is 0.193. The van der Waals surface area contributed by atoms with Crippen molar-refractivity contribution in [3.8, 4) is 0 Å². The van der Waals surface area contributed by atoms with Crippen LogP contribution >= 0.6 is 11.6 Å². The molecule has 0 amide bonds. The summed E-state index contributed by atoms with van der Waals surface area (Å²) in [5.74, 6) is 1.03. The van der Waals surface area contributed by atoms with Crippen molar-refractivity contribution in [2.45, 2.75) is 31.7 Å². The van der Waals surface area contributed by atoms with Crippen molar-refractivity contribution in [1.29, 1.82) is 0 Å². The van der Waals surface area contributed by atoms with E-state index in [1.165, 1.54) is 45.3 Å². The van der Waals surface area contributed by atoms with Crippen molar-refractivity contribution in [3.05, 3.63) is 11.6 Å². The van der Waals surface area contributed by atoms with E-state index in [0.29, 0.717) is 6.04 Å². The first kappa shape index (κ1) is 11.4. The summed E-state index contributed by atoms with van der Waals surface area (Å²) in [4.78, 5) is 2.62. The van der Waals surface area contributed by atoms with Gasteiger partial charge in [0.25, 0.3) is 0 Å². The van der Waals surface area contributed by atoms with Gasteiger partial charge in [0.15, 0.2) is 0 Å². The number of rotatable bonds is 5. The van der Waals surface area contributed by atoms with Gasteiger partial charge in [0, 0.05) is 24.2 Å². The lowest BCUT2D eigenvalue weighted by atomic mass is 10.0. The van der Waals surface area contributed by atoms with Crippen LogP contribution in [0.5, 0.6) is 0 Å². The Kier molecular flexibility index (Phi) is 4.06. The van der Waals surface area contributed by atoms with Crippen LogP contribution in [0.3, 0.4) is 0 Å². The molecule has 0 radical (unpaired) electrons. The van der Waals surface area contributed by atoms with Crippen molar-refractivity contribution >= 4 is 11.6 Å². The van der Waals surface area contributed by atoms with E-state index in [2.05, 4.69) is 16.8 Å². The fourth-order valence-corrected chi connectivity index (χ4v) is 2.32. The number of hydrogen-bond acceptors (Lipinski definition) is 2. The predicted octanol–water partition coefficient (Wildman–Crippen LogP) is 2.20. The Bertz CT molecular complexity index is 218. The van der Waals surface area contributed by atoms with Gasteiger partial charge >= 0.3 is 0 Å². The molecule has 1 heterocycles. The molecule has 0 aromatic carbocycles. The zero-order valence-electron chi connectivity index (χ0n) is 9.34. The zero-order valence-corrected chi connectivity index (χ0v) is 10.1. The van der Waals surface area contributed by atoms with E-state index in [0.717, 1.165) is 17.5 Å². The van der Waals surface area contributed by atoms with Crippen LogP contribution in [0.15, 0.2) is 11.6 Å². The molecule has 0 aromatic heterocycles. The zero-order chi connectivity index (χ0) is 10.7. The Balaban J connectivity index is 1.60. The smallest absolute Gasteiger partial charge is 0.0310 e. The monoisotopic (exact) mass is 228 g/mol. The Labute approximate surface area is 97.7 Å². The minimum Gasteiger partial charge on any atom is -0.309 e. The highest BCUT2D eigenvalue weighted by Gasteiger charge is 2.26. The van der Waals surface area contributed by atoms with Gasteiger partial charge in [0.2, 0.25) is 0 Å². The first-order valence-corrected chi connectivity index (χ1v) is 6.41. The fraction of sp³-hybridized carbons (Fsp3) is 0.833. The van der Waals surface area contributed by atoms with Crippen LogP contribution in [0.4, 0.5) is 0 Å². The van der Waals surface area contributed by atoms with Crippen molar-refractivity contribution in [2.75, 3.05) is 26.2 Å². The fourth-order valence-electron chi connectivity index (χ4n) is 2.24. The second-order valence-corrected chi connectivity index (χ2v) is 5.45. The van der Waals surface area contributed by atoms with E-state index < -0.39 is 0 Å². The van der Waals surface area contributed by atoms with Crippen LogP contribution < -0.4 is 5.32 Å². The second-order valence-electron chi connectivity index (χ2n) is 4.92. The average Bonchev–Trinajstić information content (AvgIpc) is 3.01. The Morgan fingerprint density at radius 2 is 1.93 bits per heavy atom. The second kappa shape index (κ2) is 5.33.